The molecule has 0 radical (unpaired) electrons. The summed E-state index contributed by atoms with van der Waals surface area (Å²) in [4.78, 5) is 37.8. The molecule has 1 aliphatic rings. The van der Waals surface area contributed by atoms with Crippen molar-refractivity contribution in [3.05, 3.63) is 82.9 Å². The zero-order valence-electron chi connectivity index (χ0n) is 19.0. The molecule has 0 saturated carbocycles. The fourth-order valence-corrected chi connectivity index (χ4v) is 5.11. The number of benzene rings is 2. The van der Waals surface area contributed by atoms with E-state index in [9.17, 15) is 14.0 Å². The van der Waals surface area contributed by atoms with Gasteiger partial charge < -0.3 is 15.0 Å². The number of nitrogens with one attached hydrogen (secondary N) is 1. The van der Waals surface area contributed by atoms with Gasteiger partial charge in [0.05, 0.1) is 40.2 Å². The van der Waals surface area contributed by atoms with Crippen molar-refractivity contribution in [2.75, 3.05) is 26.3 Å². The number of aromatic nitrogens is 2. The lowest BCUT2D eigenvalue weighted by atomic mass is 10.1. The van der Waals surface area contributed by atoms with E-state index in [1.54, 1.807) is 29.3 Å². The zero-order valence-corrected chi connectivity index (χ0v) is 19.8. The van der Waals surface area contributed by atoms with E-state index in [4.69, 9.17) is 4.74 Å². The number of amides is 2. The molecule has 7 nitrogen and oxygen atoms in total. The number of para-hydroxylation sites is 1. The Morgan fingerprint density at radius 1 is 1.17 bits per heavy atom. The van der Waals surface area contributed by atoms with Crippen molar-refractivity contribution < 1.29 is 18.7 Å². The zero-order chi connectivity index (χ0) is 24.4. The summed E-state index contributed by atoms with van der Waals surface area (Å²) in [6, 6.07) is 14.9. The van der Waals surface area contributed by atoms with Gasteiger partial charge in [-0.05, 0) is 36.8 Å². The third-order valence-corrected chi connectivity index (χ3v) is 6.93. The molecule has 178 valence electrons. The number of carbonyl (C=O) groups is 2. The first-order valence-corrected chi connectivity index (χ1v) is 12.1. The fraction of sp³-hybridized carbons (Fsp3) is 0.231. The van der Waals surface area contributed by atoms with Gasteiger partial charge >= 0.3 is 0 Å². The maximum atomic E-state index is 13.6. The fourth-order valence-electron chi connectivity index (χ4n) is 4.19. The van der Waals surface area contributed by atoms with Crippen LogP contribution < -0.4 is 5.32 Å². The molecule has 1 N–H and O–H groups in total. The third kappa shape index (κ3) is 4.78. The monoisotopic (exact) mass is 490 g/mol. The van der Waals surface area contributed by atoms with E-state index in [-0.39, 0.29) is 30.2 Å². The van der Waals surface area contributed by atoms with Gasteiger partial charge in [-0.3, -0.25) is 14.6 Å². The lowest BCUT2D eigenvalue weighted by molar-refractivity contribution is -0.00152. The largest absolute Gasteiger partial charge is 0.377 e. The van der Waals surface area contributed by atoms with E-state index in [0.29, 0.717) is 41.4 Å². The van der Waals surface area contributed by atoms with Gasteiger partial charge in [0, 0.05) is 24.7 Å². The number of carbonyl (C=O) groups excluding carboxylic acids is 2. The first-order chi connectivity index (χ1) is 17.0. The van der Waals surface area contributed by atoms with E-state index in [0.717, 1.165) is 16.0 Å². The van der Waals surface area contributed by atoms with Gasteiger partial charge in [-0.2, -0.15) is 0 Å². The number of ether oxygens (including phenoxy) is 1. The van der Waals surface area contributed by atoms with Gasteiger partial charge in [0.2, 0.25) is 0 Å². The molecular weight excluding hydrogens is 467 g/mol. The molecule has 2 aromatic heterocycles. The normalized spacial score (nSPS) is 15.8. The molecule has 2 aromatic carbocycles. The summed E-state index contributed by atoms with van der Waals surface area (Å²) in [6.45, 7) is 3.15. The second-order valence-electron chi connectivity index (χ2n) is 8.24. The van der Waals surface area contributed by atoms with Crippen molar-refractivity contribution >= 4 is 34.1 Å². The highest BCUT2D eigenvalue weighted by atomic mass is 32.1. The van der Waals surface area contributed by atoms with Crippen molar-refractivity contribution in [2.45, 2.75) is 13.0 Å². The highest BCUT2D eigenvalue weighted by molar-refractivity contribution is 7.15. The predicted octanol–water partition coefficient (Wildman–Crippen LogP) is 4.08. The van der Waals surface area contributed by atoms with Crippen molar-refractivity contribution in [1.29, 1.82) is 0 Å². The van der Waals surface area contributed by atoms with Crippen LogP contribution >= 0.6 is 11.3 Å². The molecule has 35 heavy (non-hydrogen) atoms. The summed E-state index contributed by atoms with van der Waals surface area (Å²) in [6.07, 6.45) is 1.66. The molecule has 0 aliphatic carbocycles. The summed E-state index contributed by atoms with van der Waals surface area (Å²) in [5, 5.41) is 4.57. The Hall–Kier alpha value is -3.69. The van der Waals surface area contributed by atoms with Crippen molar-refractivity contribution in [2.24, 2.45) is 0 Å². The van der Waals surface area contributed by atoms with Crippen LogP contribution in [0, 0.1) is 12.7 Å². The highest BCUT2D eigenvalue weighted by Gasteiger charge is 2.32. The van der Waals surface area contributed by atoms with Gasteiger partial charge in [0.1, 0.15) is 11.5 Å². The van der Waals surface area contributed by atoms with Gasteiger partial charge in [0.15, 0.2) is 0 Å². The molecule has 9 heteroatoms. The Kier molecular flexibility index (Phi) is 6.52. The molecule has 1 unspecified atom stereocenters. The van der Waals surface area contributed by atoms with Crippen LogP contribution in [-0.2, 0) is 4.74 Å². The predicted molar refractivity (Wildman–Crippen MR) is 132 cm³/mol. The number of thiazole rings is 1. The van der Waals surface area contributed by atoms with Crippen LogP contribution in [0.15, 0.2) is 60.8 Å². The SMILES string of the molecule is Cc1nc(C(=O)N2CCOCC2CNC(=O)c2cccc3cccnc23)c(-c2ccc(F)cc2)s1. The minimum absolute atomic E-state index is 0.225. The van der Waals surface area contributed by atoms with Crippen LogP contribution in [0.25, 0.3) is 21.3 Å². The van der Waals surface area contributed by atoms with E-state index < -0.39 is 0 Å². The average molecular weight is 491 g/mol. The topological polar surface area (TPSA) is 84.4 Å². The number of hydrogen-bond acceptors (Lipinski definition) is 6. The first kappa shape index (κ1) is 23.1. The molecule has 1 aliphatic heterocycles. The molecule has 4 aromatic rings. The highest BCUT2D eigenvalue weighted by Crippen LogP contribution is 2.31. The Morgan fingerprint density at radius 2 is 1.97 bits per heavy atom. The molecule has 2 amide bonds. The number of rotatable bonds is 5. The summed E-state index contributed by atoms with van der Waals surface area (Å²) in [7, 11) is 0. The van der Waals surface area contributed by atoms with E-state index in [1.165, 1.54) is 23.5 Å². The van der Waals surface area contributed by atoms with Crippen LogP contribution in [0.1, 0.15) is 25.9 Å². The van der Waals surface area contributed by atoms with Crippen molar-refractivity contribution in [1.82, 2.24) is 20.2 Å². The number of hydrogen-bond donors (Lipinski definition) is 1. The molecular formula is C26H23FN4O3S. The second kappa shape index (κ2) is 9.89. The van der Waals surface area contributed by atoms with Gasteiger partial charge in [-0.15, -0.1) is 11.3 Å². The third-order valence-electron chi connectivity index (χ3n) is 5.91. The van der Waals surface area contributed by atoms with Crippen LogP contribution in [-0.4, -0.2) is 59.0 Å². The summed E-state index contributed by atoms with van der Waals surface area (Å²) < 4.78 is 19.1. The first-order valence-electron chi connectivity index (χ1n) is 11.3. The molecule has 1 atom stereocenters. The Morgan fingerprint density at radius 3 is 2.80 bits per heavy atom. The smallest absolute Gasteiger partial charge is 0.274 e. The van der Waals surface area contributed by atoms with Crippen LogP contribution in [0.5, 0.6) is 0 Å². The van der Waals surface area contributed by atoms with E-state index >= 15 is 0 Å². The maximum absolute atomic E-state index is 13.6. The van der Waals surface area contributed by atoms with Gasteiger partial charge in [-0.1, -0.05) is 30.3 Å². The minimum atomic E-state index is -0.355. The number of pyridine rings is 1. The molecule has 1 fully saturated rings. The van der Waals surface area contributed by atoms with Gasteiger partial charge in [-0.25, -0.2) is 9.37 Å². The number of nitrogens with zero attached hydrogens (tertiary/aromatic N) is 3. The summed E-state index contributed by atoms with van der Waals surface area (Å²) >= 11 is 1.39. The standard InChI is InChI=1S/C26H23FN4O3S/c1-16-30-23(24(35-16)18-7-9-19(27)10-8-18)26(33)31-12-13-34-15-20(31)14-29-25(32)21-6-2-4-17-5-3-11-28-22(17)21/h2-11,20H,12-15H2,1H3,(H,29,32). The molecule has 5 rings (SSSR count). The average Bonchev–Trinajstić information content (AvgIpc) is 3.28. The Bertz CT molecular complexity index is 1380. The van der Waals surface area contributed by atoms with Crippen LogP contribution in [0.3, 0.4) is 0 Å². The van der Waals surface area contributed by atoms with Gasteiger partial charge in [0.25, 0.3) is 11.8 Å². The quantitative estimate of drug-likeness (QED) is 0.456. The number of halogens is 1. The van der Waals surface area contributed by atoms with E-state index in [1.807, 2.05) is 31.2 Å². The molecule has 0 spiro atoms. The van der Waals surface area contributed by atoms with Crippen LogP contribution in [0.2, 0.25) is 0 Å². The lowest BCUT2D eigenvalue weighted by Crippen LogP contribution is -2.53. The summed E-state index contributed by atoms with van der Waals surface area (Å²) in [5.74, 6) is -0.833. The number of fused-ring (bicyclic) bond motifs is 1. The number of morpholine rings is 1. The number of aryl methyl sites for hydroxylation is 1. The molecule has 3 heterocycles. The molecule has 1 saturated heterocycles. The van der Waals surface area contributed by atoms with E-state index in [2.05, 4.69) is 15.3 Å². The van der Waals surface area contributed by atoms with Crippen molar-refractivity contribution in [3.63, 3.8) is 0 Å². The summed E-state index contributed by atoms with van der Waals surface area (Å²) in [5.41, 5.74) is 2.17. The second-order valence-corrected chi connectivity index (χ2v) is 9.44. The molecule has 0 bridgehead atoms. The van der Waals surface area contributed by atoms with Crippen LogP contribution in [0.4, 0.5) is 4.39 Å². The Labute approximate surface area is 205 Å². The lowest BCUT2D eigenvalue weighted by Gasteiger charge is -2.35. The van der Waals surface area contributed by atoms with Crippen molar-refractivity contribution in [3.8, 4) is 10.4 Å². The Balaban J connectivity index is 1.35. The maximum Gasteiger partial charge on any atom is 0.274 e. The minimum Gasteiger partial charge on any atom is -0.377 e.